The summed E-state index contributed by atoms with van der Waals surface area (Å²) in [7, 11) is 1.99. The van der Waals surface area contributed by atoms with Crippen molar-refractivity contribution in [3.63, 3.8) is 0 Å². The van der Waals surface area contributed by atoms with Crippen LogP contribution >= 0.6 is 0 Å². The molecule has 0 heterocycles. The molecule has 0 aromatic carbocycles. The van der Waals surface area contributed by atoms with Crippen molar-refractivity contribution in [2.24, 2.45) is 23.7 Å². The van der Waals surface area contributed by atoms with Crippen LogP contribution in [0.3, 0.4) is 0 Å². The lowest BCUT2D eigenvalue weighted by Gasteiger charge is -2.64. The van der Waals surface area contributed by atoms with Crippen molar-refractivity contribution >= 4 is 8.56 Å². The van der Waals surface area contributed by atoms with Gasteiger partial charge in [-0.25, -0.2) is 0 Å². The van der Waals surface area contributed by atoms with Crippen LogP contribution in [0.25, 0.3) is 0 Å². The van der Waals surface area contributed by atoms with E-state index in [2.05, 4.69) is 0 Å². The van der Waals surface area contributed by atoms with E-state index in [-0.39, 0.29) is 0 Å². The molecule has 0 aromatic rings. The van der Waals surface area contributed by atoms with Gasteiger partial charge in [-0.1, -0.05) is 0 Å². The van der Waals surface area contributed by atoms with Crippen molar-refractivity contribution in [1.82, 2.24) is 0 Å². The van der Waals surface area contributed by atoms with Crippen LogP contribution in [-0.4, -0.2) is 22.8 Å². The van der Waals surface area contributed by atoms with E-state index in [0.717, 1.165) is 34.8 Å². The van der Waals surface area contributed by atoms with E-state index in [0.29, 0.717) is 0 Å². The fraction of sp³-hybridized carbons (Fsp3) is 1.00. The second kappa shape index (κ2) is 3.58. The predicted molar refractivity (Wildman–Crippen MR) is 68.9 cm³/mol. The van der Waals surface area contributed by atoms with Gasteiger partial charge >= 0.3 is 8.56 Å². The quantitative estimate of drug-likeness (QED) is 0.715. The Morgan fingerprint density at radius 2 is 1.24 bits per heavy atom. The molecule has 0 bridgehead atoms. The summed E-state index contributed by atoms with van der Waals surface area (Å²) in [6.45, 7) is 0. The maximum absolute atomic E-state index is 6.12. The van der Waals surface area contributed by atoms with Crippen molar-refractivity contribution in [2.75, 3.05) is 14.2 Å². The minimum Gasteiger partial charge on any atom is -0.397 e. The minimum absolute atomic E-state index is 0.836. The second-order valence-corrected chi connectivity index (χ2v) is 10.6. The maximum atomic E-state index is 6.12. The fourth-order valence-corrected chi connectivity index (χ4v) is 10.6. The van der Waals surface area contributed by atoms with E-state index < -0.39 is 8.56 Å². The van der Waals surface area contributed by atoms with Gasteiger partial charge in [0.1, 0.15) is 0 Å². The minimum atomic E-state index is -1.88. The molecule has 6 unspecified atom stereocenters. The summed E-state index contributed by atoms with van der Waals surface area (Å²) >= 11 is 0. The summed E-state index contributed by atoms with van der Waals surface area (Å²) < 4.78 is 12.2. The van der Waals surface area contributed by atoms with Crippen LogP contribution in [0.1, 0.15) is 38.5 Å². The topological polar surface area (TPSA) is 18.5 Å². The van der Waals surface area contributed by atoms with Gasteiger partial charge in [-0.2, -0.15) is 0 Å². The molecular weight excluding hydrogens is 228 g/mol. The first-order chi connectivity index (χ1) is 8.30. The molecule has 4 saturated carbocycles. The smallest absolute Gasteiger partial charge is 0.344 e. The third-order valence-electron chi connectivity index (χ3n) is 6.77. The van der Waals surface area contributed by atoms with Gasteiger partial charge in [-0.15, -0.1) is 0 Å². The standard InChI is InChI=1S/C14H24O2Si/c1-15-17(16-2,13-7-9-3-5-11(9)13)14-8-10-4-6-12(10)14/h9-14H,3-8H2,1-2H3. The third-order valence-corrected chi connectivity index (χ3v) is 11.4. The molecule has 96 valence electrons. The van der Waals surface area contributed by atoms with E-state index in [9.17, 15) is 0 Å². The molecule has 17 heavy (non-hydrogen) atoms. The van der Waals surface area contributed by atoms with Crippen molar-refractivity contribution in [2.45, 2.75) is 49.6 Å². The van der Waals surface area contributed by atoms with Crippen LogP contribution in [0.4, 0.5) is 0 Å². The largest absolute Gasteiger partial charge is 0.397 e. The highest BCUT2D eigenvalue weighted by Crippen LogP contribution is 2.69. The molecule has 0 radical (unpaired) electrons. The summed E-state index contributed by atoms with van der Waals surface area (Å²) in [5.41, 5.74) is 1.67. The Bertz CT molecular complexity index is 300. The predicted octanol–water partition coefficient (Wildman–Crippen LogP) is 3.32. The Kier molecular flexibility index (Phi) is 2.32. The summed E-state index contributed by atoms with van der Waals surface area (Å²) in [5.74, 6) is 4.07. The number of fused-ring (bicyclic) bond motifs is 2. The third kappa shape index (κ3) is 1.19. The van der Waals surface area contributed by atoms with Gasteiger partial charge in [0.25, 0.3) is 0 Å². The average Bonchev–Trinajstić information content (AvgIpc) is 2.31. The molecule has 0 aromatic heterocycles. The molecule has 0 aliphatic heterocycles. The van der Waals surface area contributed by atoms with Crippen molar-refractivity contribution in [1.29, 1.82) is 0 Å². The van der Waals surface area contributed by atoms with E-state index in [1.807, 2.05) is 14.2 Å². The van der Waals surface area contributed by atoms with Crippen LogP contribution in [0.5, 0.6) is 0 Å². The summed E-state index contributed by atoms with van der Waals surface area (Å²) in [6, 6.07) is 0. The molecule has 0 amide bonds. The Morgan fingerprint density at radius 3 is 1.41 bits per heavy atom. The zero-order valence-corrected chi connectivity index (χ0v) is 12.0. The van der Waals surface area contributed by atoms with E-state index in [4.69, 9.17) is 8.85 Å². The zero-order valence-electron chi connectivity index (χ0n) is 11.0. The van der Waals surface area contributed by atoms with E-state index in [1.54, 1.807) is 0 Å². The fourth-order valence-electron chi connectivity index (χ4n) is 5.33. The van der Waals surface area contributed by atoms with Crippen LogP contribution < -0.4 is 0 Å². The van der Waals surface area contributed by atoms with Crippen molar-refractivity contribution in [3.05, 3.63) is 0 Å². The highest BCUT2D eigenvalue weighted by molar-refractivity contribution is 6.71. The Hall–Kier alpha value is 0.137. The average molecular weight is 252 g/mol. The molecule has 6 atom stereocenters. The van der Waals surface area contributed by atoms with Gasteiger partial charge in [0.15, 0.2) is 0 Å². The normalized spacial score (nSPS) is 51.2. The summed E-state index contributed by atoms with van der Waals surface area (Å²) in [4.78, 5) is 0. The molecule has 0 saturated heterocycles. The Balaban J connectivity index is 1.56. The van der Waals surface area contributed by atoms with Crippen LogP contribution in [0, 0.1) is 23.7 Å². The van der Waals surface area contributed by atoms with Gasteiger partial charge in [0, 0.05) is 25.3 Å². The Labute approximate surface area is 105 Å². The summed E-state index contributed by atoms with van der Waals surface area (Å²) in [5, 5.41) is 0. The molecule has 3 heteroatoms. The van der Waals surface area contributed by atoms with Crippen LogP contribution in [-0.2, 0) is 8.85 Å². The monoisotopic (exact) mass is 252 g/mol. The molecule has 0 N–H and O–H groups in total. The first kappa shape index (κ1) is 11.0. The molecule has 4 rings (SSSR count). The molecule has 4 aliphatic rings. The lowest BCUT2D eigenvalue weighted by molar-refractivity contribution is -0.0132. The first-order valence-corrected chi connectivity index (χ1v) is 9.37. The number of hydrogen-bond donors (Lipinski definition) is 0. The van der Waals surface area contributed by atoms with Gasteiger partial charge in [0.2, 0.25) is 0 Å². The zero-order chi connectivity index (χ0) is 11.6. The van der Waals surface area contributed by atoms with Crippen molar-refractivity contribution in [3.8, 4) is 0 Å². The van der Waals surface area contributed by atoms with E-state index in [1.165, 1.54) is 38.5 Å². The van der Waals surface area contributed by atoms with Gasteiger partial charge in [0.05, 0.1) is 0 Å². The lowest BCUT2D eigenvalue weighted by atomic mass is 9.58. The van der Waals surface area contributed by atoms with Crippen LogP contribution in [0.2, 0.25) is 11.1 Å². The van der Waals surface area contributed by atoms with Gasteiger partial charge < -0.3 is 8.85 Å². The molecule has 4 fully saturated rings. The van der Waals surface area contributed by atoms with Crippen LogP contribution in [0.15, 0.2) is 0 Å². The lowest BCUT2D eigenvalue weighted by Crippen LogP contribution is -2.65. The SMILES string of the molecule is CO[Si](OC)(C1CC2CCC21)C1CC2CCC21. The summed E-state index contributed by atoms with van der Waals surface area (Å²) in [6.07, 6.45) is 8.72. The van der Waals surface area contributed by atoms with Gasteiger partial charge in [-0.05, 0) is 62.2 Å². The highest BCUT2D eigenvalue weighted by Gasteiger charge is 2.68. The molecular formula is C14H24O2Si. The van der Waals surface area contributed by atoms with Crippen molar-refractivity contribution < 1.29 is 8.85 Å². The van der Waals surface area contributed by atoms with Gasteiger partial charge in [-0.3, -0.25) is 0 Å². The second-order valence-electron chi connectivity index (χ2n) is 6.82. The number of hydrogen-bond acceptors (Lipinski definition) is 2. The molecule has 0 spiro atoms. The first-order valence-electron chi connectivity index (χ1n) is 7.40. The van der Waals surface area contributed by atoms with E-state index >= 15 is 0 Å². The Morgan fingerprint density at radius 1 is 0.765 bits per heavy atom. The highest BCUT2D eigenvalue weighted by atomic mass is 28.4. The number of rotatable bonds is 4. The molecule has 2 nitrogen and oxygen atoms in total. The maximum Gasteiger partial charge on any atom is 0.344 e. The molecule has 4 aliphatic carbocycles.